The van der Waals surface area contributed by atoms with Gasteiger partial charge < -0.3 is 5.11 Å². The summed E-state index contributed by atoms with van der Waals surface area (Å²) in [5.41, 5.74) is 3.48. The summed E-state index contributed by atoms with van der Waals surface area (Å²) in [4.78, 5) is 4.70. The Hall–Kier alpha value is -2.41. The minimum Gasteiger partial charge on any atom is -0.384 e. The fourth-order valence-corrected chi connectivity index (χ4v) is 4.65. The van der Waals surface area contributed by atoms with E-state index in [0.29, 0.717) is 21.6 Å². The summed E-state index contributed by atoms with van der Waals surface area (Å²) in [6.45, 7) is 0. The first kappa shape index (κ1) is 17.0. The maximum atomic E-state index is 13.7. The molecule has 0 aliphatic heterocycles. The van der Waals surface area contributed by atoms with Crippen LogP contribution in [-0.2, 0) is 0 Å². The van der Waals surface area contributed by atoms with Crippen LogP contribution in [0.15, 0.2) is 64.9 Å². The van der Waals surface area contributed by atoms with Crippen LogP contribution in [0.4, 0.5) is 8.78 Å². The lowest BCUT2D eigenvalue weighted by Crippen LogP contribution is -2.02. The topological polar surface area (TPSA) is 33.1 Å². The van der Waals surface area contributed by atoms with Gasteiger partial charge in [-0.15, -0.1) is 11.3 Å². The fourth-order valence-electron chi connectivity index (χ4n) is 2.89. The smallest absolute Gasteiger partial charge is 0.126 e. The molecule has 26 heavy (non-hydrogen) atoms. The van der Waals surface area contributed by atoms with E-state index in [9.17, 15) is 13.9 Å². The van der Waals surface area contributed by atoms with Crippen molar-refractivity contribution in [2.75, 3.05) is 0 Å². The number of aliphatic hydroxyl groups is 1. The van der Waals surface area contributed by atoms with Gasteiger partial charge in [0, 0.05) is 34.5 Å². The zero-order valence-electron chi connectivity index (χ0n) is 13.4. The minimum atomic E-state index is -0.953. The number of thiophene rings is 2. The Morgan fingerprint density at radius 2 is 1.81 bits per heavy atom. The first-order valence-electron chi connectivity index (χ1n) is 7.82. The highest BCUT2D eigenvalue weighted by Gasteiger charge is 2.23. The number of hydrogen-bond donors (Lipinski definition) is 1. The molecule has 4 rings (SSSR count). The molecule has 130 valence electrons. The van der Waals surface area contributed by atoms with Crippen LogP contribution in [0.2, 0.25) is 0 Å². The number of nitrogens with zero attached hydrogens (tertiary/aromatic N) is 1. The number of aliphatic hydroxyl groups excluding tert-OH is 1. The molecule has 1 aromatic carbocycles. The molecule has 4 aromatic rings. The van der Waals surface area contributed by atoms with Gasteiger partial charge in [0.2, 0.25) is 0 Å². The number of aromatic nitrogens is 1. The Morgan fingerprint density at radius 1 is 1.00 bits per heavy atom. The van der Waals surface area contributed by atoms with Crippen molar-refractivity contribution >= 4 is 22.7 Å². The molecule has 0 saturated carbocycles. The molecule has 0 fully saturated rings. The van der Waals surface area contributed by atoms with Crippen LogP contribution in [0.5, 0.6) is 0 Å². The molecule has 2 nitrogen and oxygen atoms in total. The molecule has 0 saturated heterocycles. The van der Waals surface area contributed by atoms with E-state index in [0.717, 1.165) is 17.2 Å². The lowest BCUT2D eigenvalue weighted by Gasteiger charge is -2.15. The molecule has 6 heteroatoms. The third kappa shape index (κ3) is 3.19. The number of benzene rings is 1. The van der Waals surface area contributed by atoms with Crippen molar-refractivity contribution in [2.45, 2.75) is 6.10 Å². The maximum absolute atomic E-state index is 13.7. The summed E-state index contributed by atoms with van der Waals surface area (Å²) in [6.07, 6.45) is 2.27. The second-order valence-corrected chi connectivity index (χ2v) is 7.41. The highest BCUT2D eigenvalue weighted by atomic mass is 32.1. The van der Waals surface area contributed by atoms with Crippen molar-refractivity contribution in [3.8, 4) is 21.6 Å². The fraction of sp³-hybridized carbons (Fsp3) is 0.0500. The second kappa shape index (κ2) is 7.07. The molecular weight excluding hydrogens is 372 g/mol. The van der Waals surface area contributed by atoms with Gasteiger partial charge in [-0.3, -0.25) is 4.98 Å². The predicted octanol–water partition coefficient (Wildman–Crippen LogP) is 5.90. The van der Waals surface area contributed by atoms with Crippen LogP contribution in [0.25, 0.3) is 21.6 Å². The van der Waals surface area contributed by atoms with Crippen molar-refractivity contribution in [3.63, 3.8) is 0 Å². The SMILES string of the molecule is OC(c1cccnc1)c1c(-c2ccsc2)csc1-c1cc(F)cc(F)c1. The Balaban J connectivity index is 1.92. The Kier molecular flexibility index (Phi) is 4.63. The summed E-state index contributed by atoms with van der Waals surface area (Å²) in [7, 11) is 0. The zero-order chi connectivity index (χ0) is 18.1. The van der Waals surface area contributed by atoms with Crippen molar-refractivity contribution in [2.24, 2.45) is 0 Å². The summed E-state index contributed by atoms with van der Waals surface area (Å²) < 4.78 is 27.5. The number of hydrogen-bond acceptors (Lipinski definition) is 4. The van der Waals surface area contributed by atoms with E-state index in [1.54, 1.807) is 35.9 Å². The van der Waals surface area contributed by atoms with Crippen LogP contribution in [-0.4, -0.2) is 10.1 Å². The lowest BCUT2D eigenvalue weighted by molar-refractivity contribution is 0.221. The average Bonchev–Trinajstić information content (AvgIpc) is 3.30. The molecular formula is C20H13F2NOS2. The molecule has 0 radical (unpaired) electrons. The molecule has 0 spiro atoms. The Bertz CT molecular complexity index is 1010. The summed E-state index contributed by atoms with van der Waals surface area (Å²) in [5, 5.41) is 16.9. The Labute approximate surface area is 157 Å². The van der Waals surface area contributed by atoms with Crippen molar-refractivity contribution in [1.82, 2.24) is 4.98 Å². The van der Waals surface area contributed by atoms with Gasteiger partial charge in [0.05, 0.1) is 0 Å². The van der Waals surface area contributed by atoms with E-state index in [-0.39, 0.29) is 0 Å². The van der Waals surface area contributed by atoms with Crippen LogP contribution in [0.3, 0.4) is 0 Å². The van der Waals surface area contributed by atoms with Crippen molar-refractivity contribution in [1.29, 1.82) is 0 Å². The zero-order valence-corrected chi connectivity index (χ0v) is 15.0. The molecule has 3 aromatic heterocycles. The van der Waals surface area contributed by atoms with E-state index in [1.807, 2.05) is 22.2 Å². The van der Waals surface area contributed by atoms with Crippen LogP contribution >= 0.6 is 22.7 Å². The van der Waals surface area contributed by atoms with E-state index >= 15 is 0 Å². The molecule has 1 unspecified atom stereocenters. The molecule has 0 aliphatic rings. The van der Waals surface area contributed by atoms with Gasteiger partial charge in [0.1, 0.15) is 17.7 Å². The second-order valence-electron chi connectivity index (χ2n) is 5.75. The molecule has 1 atom stereocenters. The summed E-state index contributed by atoms with van der Waals surface area (Å²) >= 11 is 2.91. The number of rotatable bonds is 4. The van der Waals surface area contributed by atoms with E-state index in [1.165, 1.54) is 23.5 Å². The summed E-state index contributed by atoms with van der Waals surface area (Å²) in [5.74, 6) is -1.29. The number of halogens is 2. The van der Waals surface area contributed by atoms with E-state index in [4.69, 9.17) is 0 Å². The lowest BCUT2D eigenvalue weighted by atomic mass is 9.94. The normalized spacial score (nSPS) is 12.3. The molecule has 0 aliphatic carbocycles. The van der Waals surface area contributed by atoms with Gasteiger partial charge in [0.25, 0.3) is 0 Å². The largest absolute Gasteiger partial charge is 0.384 e. The van der Waals surface area contributed by atoms with Gasteiger partial charge in [-0.25, -0.2) is 8.78 Å². The first-order chi connectivity index (χ1) is 12.6. The van der Waals surface area contributed by atoms with Crippen LogP contribution < -0.4 is 0 Å². The van der Waals surface area contributed by atoms with Gasteiger partial charge in [0.15, 0.2) is 0 Å². The van der Waals surface area contributed by atoms with Gasteiger partial charge in [-0.1, -0.05) is 6.07 Å². The standard InChI is InChI=1S/C20H13F2NOS2/c21-15-6-14(7-16(22)8-15)20-18(19(24)12-2-1-4-23-9-12)17(11-26-20)13-3-5-25-10-13/h1-11,19,24H. The maximum Gasteiger partial charge on any atom is 0.126 e. The quantitative estimate of drug-likeness (QED) is 0.474. The van der Waals surface area contributed by atoms with Crippen molar-refractivity contribution < 1.29 is 13.9 Å². The van der Waals surface area contributed by atoms with Gasteiger partial charge >= 0.3 is 0 Å². The van der Waals surface area contributed by atoms with Gasteiger partial charge in [-0.05, 0) is 57.1 Å². The monoisotopic (exact) mass is 385 g/mol. The highest BCUT2D eigenvalue weighted by molar-refractivity contribution is 7.14. The molecule has 3 heterocycles. The van der Waals surface area contributed by atoms with Crippen LogP contribution in [0.1, 0.15) is 17.2 Å². The third-order valence-corrected chi connectivity index (χ3v) is 5.79. The van der Waals surface area contributed by atoms with Gasteiger partial charge in [-0.2, -0.15) is 11.3 Å². The van der Waals surface area contributed by atoms with Crippen molar-refractivity contribution in [3.05, 3.63) is 87.7 Å². The predicted molar refractivity (Wildman–Crippen MR) is 101 cm³/mol. The van der Waals surface area contributed by atoms with E-state index < -0.39 is 17.7 Å². The highest BCUT2D eigenvalue weighted by Crippen LogP contribution is 2.44. The minimum absolute atomic E-state index is 0.409. The average molecular weight is 385 g/mol. The molecule has 0 bridgehead atoms. The van der Waals surface area contributed by atoms with Crippen LogP contribution in [0, 0.1) is 11.6 Å². The number of pyridine rings is 1. The van der Waals surface area contributed by atoms with E-state index in [2.05, 4.69) is 4.98 Å². The molecule has 1 N–H and O–H groups in total. The molecule has 0 amide bonds. The third-order valence-electron chi connectivity index (χ3n) is 4.06. The first-order valence-corrected chi connectivity index (χ1v) is 9.64. The Morgan fingerprint density at radius 3 is 2.46 bits per heavy atom. The summed E-state index contributed by atoms with van der Waals surface area (Å²) in [6, 6.07) is 8.90.